The van der Waals surface area contributed by atoms with Gasteiger partial charge in [0.25, 0.3) is 5.91 Å². The molecule has 1 aliphatic heterocycles. The van der Waals surface area contributed by atoms with Crippen LogP contribution in [0.3, 0.4) is 0 Å². The number of aryl methyl sites for hydroxylation is 1. The van der Waals surface area contributed by atoms with Gasteiger partial charge in [0.2, 0.25) is 0 Å². The molecule has 156 valence electrons. The number of benzene rings is 1. The second-order valence-corrected chi connectivity index (χ2v) is 7.12. The fraction of sp³-hybridized carbons (Fsp3) is 0.261. The maximum Gasteiger partial charge on any atom is 1.00 e. The first-order valence-electron chi connectivity index (χ1n) is 9.90. The zero-order chi connectivity index (χ0) is 21.5. The number of nitrogens with zero attached hydrogens (tertiary/aromatic N) is 3. The number of amides is 1. The number of pyridine rings is 1. The summed E-state index contributed by atoms with van der Waals surface area (Å²) in [6, 6.07) is 9.58. The smallest absolute Gasteiger partial charge is 0.560 e. The first kappa shape index (κ1) is 25.3. The summed E-state index contributed by atoms with van der Waals surface area (Å²) < 4.78 is 1.94. The minimum atomic E-state index is -0.188. The number of carbonyl (C=O) groups is 1. The van der Waals surface area contributed by atoms with Crippen LogP contribution in [-0.4, -0.2) is 41.0 Å². The van der Waals surface area contributed by atoms with Crippen LogP contribution < -0.4 is 67.3 Å². The van der Waals surface area contributed by atoms with Gasteiger partial charge in [-0.25, -0.2) is 4.98 Å². The van der Waals surface area contributed by atoms with Gasteiger partial charge in [-0.1, -0.05) is 12.1 Å². The van der Waals surface area contributed by atoms with Crippen molar-refractivity contribution in [1.29, 1.82) is 0 Å². The van der Waals surface area contributed by atoms with Crippen LogP contribution in [0.25, 0.3) is 0 Å². The molecule has 0 saturated carbocycles. The molecule has 0 radical (unpaired) electrons. The number of aromatic nitrogens is 1. The summed E-state index contributed by atoms with van der Waals surface area (Å²) in [4.78, 5) is 21.2. The molecule has 1 aromatic carbocycles. The van der Waals surface area contributed by atoms with Crippen LogP contribution >= 0.6 is 0 Å². The molecule has 0 aliphatic carbocycles. The predicted molar refractivity (Wildman–Crippen MR) is 121 cm³/mol. The Bertz CT molecular complexity index is 1010. The average molecular weight is 443 g/mol. The fourth-order valence-corrected chi connectivity index (χ4v) is 2.97. The van der Waals surface area contributed by atoms with Crippen molar-refractivity contribution in [2.75, 3.05) is 24.2 Å². The maximum atomic E-state index is 12.6. The molecule has 1 unspecified atom stereocenters. The van der Waals surface area contributed by atoms with Crippen molar-refractivity contribution in [2.24, 2.45) is 4.99 Å². The van der Waals surface area contributed by atoms with Crippen molar-refractivity contribution in [1.82, 2.24) is 10.3 Å². The zero-order valence-corrected chi connectivity index (χ0v) is 21.9. The molecule has 0 spiro atoms. The second-order valence-electron chi connectivity index (χ2n) is 7.12. The van der Waals surface area contributed by atoms with Crippen LogP contribution in [0.5, 0.6) is 0 Å². The van der Waals surface area contributed by atoms with Gasteiger partial charge in [-0.05, 0) is 50.1 Å². The Labute approximate surface area is 226 Å². The largest absolute Gasteiger partial charge is 1.00 e. The molecule has 0 fully saturated rings. The van der Waals surface area contributed by atoms with E-state index in [9.17, 15) is 4.79 Å². The van der Waals surface area contributed by atoms with Crippen LogP contribution in [-0.2, 0) is 0 Å². The van der Waals surface area contributed by atoms with Gasteiger partial charge in [-0.3, -0.25) is 4.79 Å². The van der Waals surface area contributed by atoms with E-state index in [1.165, 1.54) is 0 Å². The van der Waals surface area contributed by atoms with Gasteiger partial charge in [-0.15, -0.1) is 6.20 Å². The van der Waals surface area contributed by atoms with Crippen LogP contribution in [0.4, 0.5) is 11.5 Å². The molecule has 1 aromatic heterocycles. The summed E-state index contributed by atoms with van der Waals surface area (Å²) >= 11 is 0. The van der Waals surface area contributed by atoms with Crippen molar-refractivity contribution < 1.29 is 60.8 Å². The maximum absolute atomic E-state index is 12.6. The van der Waals surface area contributed by atoms with Crippen LogP contribution in [0.15, 0.2) is 47.7 Å². The summed E-state index contributed by atoms with van der Waals surface area (Å²) in [7, 11) is 1.95. The Morgan fingerprint density at radius 1 is 1.39 bits per heavy atom. The molecule has 8 heteroatoms. The third kappa shape index (κ3) is 7.29. The quantitative estimate of drug-likeness (QED) is 0.238. The monoisotopic (exact) mass is 442 g/mol. The molecule has 3 N–H and O–H groups in total. The summed E-state index contributed by atoms with van der Waals surface area (Å²) in [6.45, 7) is 8.68. The normalized spacial score (nSPS) is 14.7. The van der Waals surface area contributed by atoms with Gasteiger partial charge in [-0.2, -0.15) is 0 Å². The van der Waals surface area contributed by atoms with E-state index >= 15 is 0 Å². The number of anilines is 2. The van der Waals surface area contributed by atoms with E-state index in [0.717, 1.165) is 34.9 Å². The van der Waals surface area contributed by atoms with Crippen molar-refractivity contribution in [2.45, 2.75) is 26.8 Å². The van der Waals surface area contributed by atoms with Gasteiger partial charge >= 0.3 is 51.4 Å². The Balaban J connectivity index is 0.00000341. The SMILES string of the molecule is CCNc1ncc(C(=O)Nc2cccc(C(C)N[C-]=CN=C3C=[N+](C)[CH-]3)c2)cc1C.[K+]. The predicted octanol–water partition coefficient (Wildman–Crippen LogP) is 0.333. The summed E-state index contributed by atoms with van der Waals surface area (Å²) in [5.74, 6) is 0.608. The van der Waals surface area contributed by atoms with E-state index in [0.29, 0.717) is 5.56 Å². The van der Waals surface area contributed by atoms with Crippen molar-refractivity contribution in [3.8, 4) is 0 Å². The molecular formula is C23H27KN6O. The molecule has 0 saturated heterocycles. The zero-order valence-electron chi connectivity index (χ0n) is 18.7. The number of aliphatic imine (C=N–C) groups is 1. The van der Waals surface area contributed by atoms with Crippen LogP contribution in [0.1, 0.15) is 41.4 Å². The van der Waals surface area contributed by atoms with E-state index < -0.39 is 0 Å². The van der Waals surface area contributed by atoms with Gasteiger partial charge in [0, 0.05) is 24.5 Å². The summed E-state index contributed by atoms with van der Waals surface area (Å²) in [6.07, 6.45) is 8.11. The molecule has 3 rings (SSSR count). The molecule has 2 heterocycles. The van der Waals surface area contributed by atoms with E-state index in [1.807, 2.05) is 75.5 Å². The molecule has 0 bridgehead atoms. The molecule has 1 amide bonds. The minimum absolute atomic E-state index is 0. The third-order valence-corrected chi connectivity index (χ3v) is 4.58. The Morgan fingerprint density at radius 2 is 2.16 bits per heavy atom. The standard InChI is InChI=1S/C23H27N6O.K/c1-5-24-22-16(2)11-19(13-27-22)23(30)28-20-8-6-7-18(12-20)17(3)25-9-10-26-21-14-29(4)15-21;/h6-8,10-15,17,25H,5H2,1-4H3,(H,24,27)(H,28,30);/q-1;+1. The number of hydrogen-bond acceptors (Lipinski definition) is 5. The molecular weight excluding hydrogens is 415 g/mol. The van der Waals surface area contributed by atoms with E-state index in [1.54, 1.807) is 12.4 Å². The number of nitrogens with one attached hydrogen (secondary N) is 3. The molecule has 1 atom stereocenters. The third-order valence-electron chi connectivity index (χ3n) is 4.58. The van der Waals surface area contributed by atoms with Gasteiger partial charge in [0.15, 0.2) is 0 Å². The van der Waals surface area contributed by atoms with Crippen molar-refractivity contribution in [3.63, 3.8) is 0 Å². The van der Waals surface area contributed by atoms with Crippen LogP contribution in [0.2, 0.25) is 0 Å². The second kappa shape index (κ2) is 12.2. The summed E-state index contributed by atoms with van der Waals surface area (Å²) in [5.41, 5.74) is 4.12. The van der Waals surface area contributed by atoms with Gasteiger partial charge < -0.3 is 31.7 Å². The van der Waals surface area contributed by atoms with Crippen molar-refractivity contribution >= 4 is 29.3 Å². The minimum Gasteiger partial charge on any atom is -0.560 e. The first-order chi connectivity index (χ1) is 14.5. The Hall–Kier alpha value is -1.97. The molecule has 7 nitrogen and oxygen atoms in total. The first-order valence-corrected chi connectivity index (χ1v) is 9.90. The summed E-state index contributed by atoms with van der Waals surface area (Å²) in [5, 5.41) is 9.29. The van der Waals surface area contributed by atoms with Crippen LogP contribution in [0, 0.1) is 19.7 Å². The van der Waals surface area contributed by atoms with Gasteiger partial charge in [0.05, 0.1) is 24.0 Å². The van der Waals surface area contributed by atoms with Crippen molar-refractivity contribution in [3.05, 3.63) is 72.2 Å². The van der Waals surface area contributed by atoms with E-state index in [4.69, 9.17) is 0 Å². The number of carbonyl (C=O) groups excluding carboxylic acids is 1. The molecule has 2 aromatic rings. The average Bonchev–Trinajstić information content (AvgIpc) is 2.71. The van der Waals surface area contributed by atoms with E-state index in [2.05, 4.69) is 32.1 Å². The van der Waals surface area contributed by atoms with E-state index in [-0.39, 0.29) is 63.3 Å². The topological polar surface area (TPSA) is 81.4 Å². The number of rotatable bonds is 8. The Kier molecular flexibility index (Phi) is 9.92. The van der Waals surface area contributed by atoms with Gasteiger partial charge in [0.1, 0.15) is 12.9 Å². The molecule has 31 heavy (non-hydrogen) atoms. The fourth-order valence-electron chi connectivity index (χ4n) is 2.97. The Morgan fingerprint density at radius 3 is 2.84 bits per heavy atom. The molecule has 1 aliphatic rings. The number of hydrogen-bond donors (Lipinski definition) is 3.